The van der Waals surface area contributed by atoms with Crippen LogP contribution in [0.4, 0.5) is 0 Å². The Morgan fingerprint density at radius 3 is 2.04 bits per heavy atom. The van der Waals surface area contributed by atoms with Crippen molar-refractivity contribution in [3.05, 3.63) is 71.8 Å². The number of halogens is 1. The number of ketones is 1. The van der Waals surface area contributed by atoms with Crippen LogP contribution in [0.2, 0.25) is 0 Å². The van der Waals surface area contributed by atoms with Crippen molar-refractivity contribution >= 4 is 30.1 Å². The molecule has 138 valence electrons. The van der Waals surface area contributed by atoms with Crippen LogP contribution in [0, 0.1) is 0 Å². The first-order valence-electron chi connectivity index (χ1n) is 7.86. The summed E-state index contributed by atoms with van der Waals surface area (Å²) in [6.07, 6.45) is -0.126. The molecule has 0 unspecified atom stereocenters. The first kappa shape index (κ1) is 21.3. The molecule has 0 radical (unpaired) electrons. The summed E-state index contributed by atoms with van der Waals surface area (Å²) in [5.41, 5.74) is 7.19. The fourth-order valence-corrected chi connectivity index (χ4v) is 2.42. The smallest absolute Gasteiger partial charge is 0.330 e. The second-order valence-electron chi connectivity index (χ2n) is 5.69. The van der Waals surface area contributed by atoms with Crippen LogP contribution in [0.5, 0.6) is 0 Å². The Morgan fingerprint density at radius 2 is 1.50 bits per heavy atom. The lowest BCUT2D eigenvalue weighted by Crippen LogP contribution is -2.39. The van der Waals surface area contributed by atoms with Gasteiger partial charge in [-0.3, -0.25) is 9.59 Å². The summed E-state index contributed by atoms with van der Waals surface area (Å²) in [5, 5.41) is 11.7. The van der Waals surface area contributed by atoms with Crippen molar-refractivity contribution < 1.29 is 19.5 Å². The standard InChI is InChI=1S/C19H20N2O4.ClH/c20-15(11-13-7-3-1-4-8-13)16(22)12-17(23)21-18(19(24)25)14-9-5-2-6-10-14;/h1-10,15,18H,11-12,20H2,(H,21,23)(H,24,25);1H/t15-,18+;/m1./s1. The second-order valence-corrected chi connectivity index (χ2v) is 5.69. The van der Waals surface area contributed by atoms with E-state index in [-0.39, 0.29) is 12.4 Å². The largest absolute Gasteiger partial charge is 0.479 e. The van der Waals surface area contributed by atoms with E-state index in [0.29, 0.717) is 12.0 Å². The monoisotopic (exact) mass is 376 g/mol. The van der Waals surface area contributed by atoms with Crippen molar-refractivity contribution in [2.75, 3.05) is 0 Å². The number of Topliss-reactive ketones (excluding diaryl/α,β-unsaturated/α-hetero) is 1. The van der Waals surface area contributed by atoms with Gasteiger partial charge in [0, 0.05) is 0 Å². The number of amides is 1. The number of carboxylic acid groups (broad SMARTS) is 1. The number of benzene rings is 2. The maximum Gasteiger partial charge on any atom is 0.330 e. The molecule has 1 amide bonds. The number of aliphatic carboxylic acids is 1. The molecule has 2 atom stereocenters. The summed E-state index contributed by atoms with van der Waals surface area (Å²) < 4.78 is 0. The van der Waals surface area contributed by atoms with Crippen molar-refractivity contribution in [1.29, 1.82) is 0 Å². The lowest BCUT2D eigenvalue weighted by Gasteiger charge is -2.16. The molecule has 0 aromatic heterocycles. The van der Waals surface area contributed by atoms with Gasteiger partial charge in [-0.25, -0.2) is 4.79 Å². The van der Waals surface area contributed by atoms with Gasteiger partial charge in [-0.2, -0.15) is 0 Å². The molecular formula is C19H21ClN2O4. The van der Waals surface area contributed by atoms with Crippen molar-refractivity contribution in [2.24, 2.45) is 5.73 Å². The Hall–Kier alpha value is -2.70. The number of nitrogens with two attached hydrogens (primary N) is 1. The van der Waals surface area contributed by atoms with Crippen LogP contribution in [-0.2, 0) is 20.8 Å². The summed E-state index contributed by atoms with van der Waals surface area (Å²) in [6.45, 7) is 0. The highest BCUT2D eigenvalue weighted by atomic mass is 35.5. The normalized spacial score (nSPS) is 12.3. The van der Waals surface area contributed by atoms with Crippen LogP contribution in [0.15, 0.2) is 60.7 Å². The third-order valence-electron chi connectivity index (χ3n) is 3.73. The van der Waals surface area contributed by atoms with Crippen LogP contribution in [0.25, 0.3) is 0 Å². The van der Waals surface area contributed by atoms with E-state index in [9.17, 15) is 19.5 Å². The second kappa shape index (κ2) is 10.3. The van der Waals surface area contributed by atoms with Crippen LogP contribution < -0.4 is 11.1 Å². The molecule has 0 bridgehead atoms. The van der Waals surface area contributed by atoms with Gasteiger partial charge < -0.3 is 16.2 Å². The Labute approximate surface area is 157 Å². The third-order valence-corrected chi connectivity index (χ3v) is 3.73. The topological polar surface area (TPSA) is 109 Å². The van der Waals surface area contributed by atoms with Gasteiger partial charge in [0.2, 0.25) is 5.91 Å². The number of hydrogen-bond acceptors (Lipinski definition) is 4. The molecule has 0 aliphatic heterocycles. The van der Waals surface area contributed by atoms with E-state index in [1.54, 1.807) is 30.3 Å². The minimum absolute atomic E-state index is 0. The van der Waals surface area contributed by atoms with Gasteiger partial charge in [0.05, 0.1) is 12.5 Å². The average molecular weight is 377 g/mol. The molecule has 2 aromatic carbocycles. The SMILES string of the molecule is Cl.N[C@H](Cc1ccccc1)C(=O)CC(=O)N[C@H](C(=O)O)c1ccccc1. The van der Waals surface area contributed by atoms with Gasteiger partial charge in [0.1, 0.15) is 0 Å². The molecule has 4 N–H and O–H groups in total. The lowest BCUT2D eigenvalue weighted by molar-refractivity contribution is -0.142. The zero-order chi connectivity index (χ0) is 18.2. The van der Waals surface area contributed by atoms with E-state index >= 15 is 0 Å². The highest BCUT2D eigenvalue weighted by Gasteiger charge is 2.24. The van der Waals surface area contributed by atoms with Gasteiger partial charge in [-0.05, 0) is 17.5 Å². The Balaban J connectivity index is 0.00000338. The Bertz CT molecular complexity index is 738. The number of carbonyl (C=O) groups excluding carboxylic acids is 2. The molecule has 0 fully saturated rings. The maximum absolute atomic E-state index is 12.1. The highest BCUT2D eigenvalue weighted by Crippen LogP contribution is 2.13. The van der Waals surface area contributed by atoms with E-state index < -0.39 is 36.2 Å². The van der Waals surface area contributed by atoms with Gasteiger partial charge in [0.25, 0.3) is 0 Å². The van der Waals surface area contributed by atoms with Crippen molar-refractivity contribution in [1.82, 2.24) is 5.32 Å². The predicted molar refractivity (Wildman–Crippen MR) is 100.0 cm³/mol. The zero-order valence-electron chi connectivity index (χ0n) is 14.0. The molecule has 0 saturated carbocycles. The zero-order valence-corrected chi connectivity index (χ0v) is 14.8. The molecule has 0 aliphatic rings. The van der Waals surface area contributed by atoms with E-state index in [2.05, 4.69) is 5.32 Å². The molecule has 6 nitrogen and oxygen atoms in total. The summed E-state index contributed by atoms with van der Waals surface area (Å²) in [4.78, 5) is 35.5. The number of hydrogen-bond donors (Lipinski definition) is 3. The van der Waals surface area contributed by atoms with E-state index in [4.69, 9.17) is 5.73 Å². The third kappa shape index (κ3) is 6.31. The molecule has 26 heavy (non-hydrogen) atoms. The Kier molecular flexibility index (Phi) is 8.48. The lowest BCUT2D eigenvalue weighted by atomic mass is 10.0. The molecule has 0 saturated heterocycles. The average Bonchev–Trinajstić information content (AvgIpc) is 2.61. The predicted octanol–water partition coefficient (Wildman–Crippen LogP) is 1.88. The van der Waals surface area contributed by atoms with E-state index in [0.717, 1.165) is 5.56 Å². The van der Waals surface area contributed by atoms with Gasteiger partial charge in [-0.15, -0.1) is 12.4 Å². The molecule has 2 aromatic rings. The van der Waals surface area contributed by atoms with Crippen LogP contribution in [0.3, 0.4) is 0 Å². The van der Waals surface area contributed by atoms with Crippen LogP contribution in [-0.4, -0.2) is 28.8 Å². The Morgan fingerprint density at radius 1 is 0.962 bits per heavy atom. The first-order chi connectivity index (χ1) is 12.0. The maximum atomic E-state index is 12.1. The minimum atomic E-state index is -1.20. The van der Waals surface area contributed by atoms with Crippen LogP contribution in [0.1, 0.15) is 23.6 Å². The fourth-order valence-electron chi connectivity index (χ4n) is 2.42. The van der Waals surface area contributed by atoms with Crippen molar-refractivity contribution in [2.45, 2.75) is 24.9 Å². The summed E-state index contributed by atoms with van der Waals surface area (Å²) in [6, 6.07) is 15.5. The fraction of sp³-hybridized carbons (Fsp3) is 0.211. The van der Waals surface area contributed by atoms with Crippen LogP contribution >= 0.6 is 12.4 Å². The van der Waals surface area contributed by atoms with Crippen molar-refractivity contribution in [3.8, 4) is 0 Å². The molecule has 0 heterocycles. The number of nitrogens with one attached hydrogen (secondary N) is 1. The number of carbonyl (C=O) groups is 3. The number of carboxylic acids is 1. The van der Waals surface area contributed by atoms with Gasteiger partial charge in [-0.1, -0.05) is 60.7 Å². The first-order valence-corrected chi connectivity index (χ1v) is 7.86. The summed E-state index contributed by atoms with van der Waals surface area (Å²) >= 11 is 0. The molecule has 0 aliphatic carbocycles. The molecule has 0 spiro atoms. The van der Waals surface area contributed by atoms with E-state index in [1.165, 1.54) is 0 Å². The molecule has 2 rings (SSSR count). The number of rotatable bonds is 8. The van der Waals surface area contributed by atoms with Crippen molar-refractivity contribution in [3.63, 3.8) is 0 Å². The quantitative estimate of drug-likeness (QED) is 0.609. The molecule has 7 heteroatoms. The summed E-state index contributed by atoms with van der Waals surface area (Å²) in [5.74, 6) is -2.29. The summed E-state index contributed by atoms with van der Waals surface area (Å²) in [7, 11) is 0. The van der Waals surface area contributed by atoms with Gasteiger partial charge in [0.15, 0.2) is 11.8 Å². The highest BCUT2D eigenvalue weighted by molar-refractivity contribution is 6.01. The minimum Gasteiger partial charge on any atom is -0.479 e. The molecular weight excluding hydrogens is 356 g/mol. The van der Waals surface area contributed by atoms with Gasteiger partial charge >= 0.3 is 5.97 Å². The van der Waals surface area contributed by atoms with E-state index in [1.807, 2.05) is 30.3 Å².